The van der Waals surface area contributed by atoms with Crippen molar-refractivity contribution in [3.63, 3.8) is 0 Å². The topological polar surface area (TPSA) is 83.0 Å². The third-order valence-corrected chi connectivity index (χ3v) is 6.28. The molecule has 0 aliphatic heterocycles. The molecule has 0 saturated carbocycles. The number of benzene rings is 2. The van der Waals surface area contributed by atoms with Gasteiger partial charge in [0.15, 0.2) is 5.96 Å². The number of nitrogens with zero attached hydrogens (tertiary/aromatic N) is 2. The maximum absolute atomic E-state index is 12.6. The molecule has 0 radical (unpaired) electrons. The lowest BCUT2D eigenvalue weighted by atomic mass is 10.2. The minimum absolute atomic E-state index is 0.0722. The Bertz CT molecular complexity index is 958. The second-order valence-corrected chi connectivity index (χ2v) is 9.34. The predicted molar refractivity (Wildman–Crippen MR) is 121 cm³/mol. The van der Waals surface area contributed by atoms with E-state index < -0.39 is 10.0 Å². The molecule has 2 N–H and O–H groups in total. The molecule has 0 fully saturated rings. The lowest BCUT2D eigenvalue weighted by Crippen LogP contribution is -2.41. The zero-order valence-corrected chi connectivity index (χ0v) is 19.2. The molecule has 2 rings (SSSR count). The van der Waals surface area contributed by atoms with Gasteiger partial charge >= 0.3 is 0 Å². The van der Waals surface area contributed by atoms with Crippen LogP contribution in [0.5, 0.6) is 5.75 Å². The monoisotopic (exact) mass is 432 g/mol. The van der Waals surface area contributed by atoms with Crippen molar-refractivity contribution < 1.29 is 13.2 Å². The summed E-state index contributed by atoms with van der Waals surface area (Å²) in [4.78, 5) is 4.84. The van der Waals surface area contributed by atoms with Gasteiger partial charge in [0.25, 0.3) is 0 Å². The number of sulfonamides is 1. The second kappa shape index (κ2) is 11.0. The number of hydrogen-bond donors (Lipinski definition) is 2. The zero-order chi connectivity index (χ0) is 22.1. The van der Waals surface area contributed by atoms with Crippen molar-refractivity contribution in [1.29, 1.82) is 0 Å². The Labute approximate surface area is 180 Å². The molecular weight excluding hydrogens is 400 g/mol. The Morgan fingerprint density at radius 3 is 2.53 bits per heavy atom. The van der Waals surface area contributed by atoms with Gasteiger partial charge in [-0.1, -0.05) is 30.3 Å². The first kappa shape index (κ1) is 23.7. The van der Waals surface area contributed by atoms with Gasteiger partial charge in [-0.15, -0.1) is 0 Å². The van der Waals surface area contributed by atoms with Crippen molar-refractivity contribution in [2.24, 2.45) is 4.99 Å². The highest BCUT2D eigenvalue weighted by atomic mass is 32.2. The third-order valence-electron chi connectivity index (χ3n) is 4.37. The Morgan fingerprint density at radius 1 is 1.13 bits per heavy atom. The molecular formula is C22H32N4O3S. The van der Waals surface area contributed by atoms with E-state index in [1.165, 1.54) is 18.4 Å². The highest BCUT2D eigenvalue weighted by molar-refractivity contribution is 7.89. The highest BCUT2D eigenvalue weighted by Crippen LogP contribution is 2.19. The van der Waals surface area contributed by atoms with Gasteiger partial charge in [-0.05, 0) is 50.1 Å². The van der Waals surface area contributed by atoms with Gasteiger partial charge in [-0.2, -0.15) is 0 Å². The van der Waals surface area contributed by atoms with Crippen LogP contribution >= 0.6 is 0 Å². The van der Waals surface area contributed by atoms with Crippen LogP contribution in [0.1, 0.15) is 25.0 Å². The third kappa shape index (κ3) is 6.74. The lowest BCUT2D eigenvalue weighted by molar-refractivity contribution is 0.223. The van der Waals surface area contributed by atoms with Gasteiger partial charge in [-0.25, -0.2) is 17.7 Å². The maximum Gasteiger partial charge on any atom is 0.242 e. The van der Waals surface area contributed by atoms with E-state index in [0.717, 1.165) is 11.3 Å². The largest absolute Gasteiger partial charge is 0.489 e. The van der Waals surface area contributed by atoms with Crippen LogP contribution in [0.25, 0.3) is 0 Å². The molecule has 0 aromatic heterocycles. The fourth-order valence-electron chi connectivity index (χ4n) is 2.79. The van der Waals surface area contributed by atoms with Gasteiger partial charge in [0.2, 0.25) is 10.0 Å². The molecule has 1 atom stereocenters. The molecule has 0 bridgehead atoms. The van der Waals surface area contributed by atoms with Crippen LogP contribution < -0.4 is 15.4 Å². The first-order valence-corrected chi connectivity index (χ1v) is 11.4. The van der Waals surface area contributed by atoms with Crippen LogP contribution in [-0.4, -0.2) is 52.0 Å². The zero-order valence-electron chi connectivity index (χ0n) is 18.3. The molecule has 0 spiro atoms. The van der Waals surface area contributed by atoms with Crippen LogP contribution in [0.15, 0.2) is 58.4 Å². The summed E-state index contributed by atoms with van der Waals surface area (Å²) in [6.07, 6.45) is -0.0722. The fourth-order valence-corrected chi connectivity index (χ4v) is 3.90. The number of rotatable bonds is 9. The molecule has 0 aliphatic rings. The average Bonchev–Trinajstić information content (AvgIpc) is 2.70. The van der Waals surface area contributed by atoms with Crippen molar-refractivity contribution >= 4 is 16.0 Å². The summed E-state index contributed by atoms with van der Waals surface area (Å²) in [5.41, 5.74) is 1.79. The van der Waals surface area contributed by atoms with Crippen LogP contribution in [-0.2, 0) is 16.6 Å². The predicted octanol–water partition coefficient (Wildman–Crippen LogP) is 2.77. The van der Waals surface area contributed by atoms with Crippen LogP contribution in [0.2, 0.25) is 0 Å². The molecule has 2 aromatic rings. The summed E-state index contributed by atoms with van der Waals surface area (Å²) in [7, 11) is -0.479. The van der Waals surface area contributed by atoms with E-state index in [-0.39, 0.29) is 17.5 Å². The molecule has 1 unspecified atom stereocenters. The molecule has 8 heteroatoms. The summed E-state index contributed by atoms with van der Waals surface area (Å²) in [6, 6.07) is 14.9. The first-order chi connectivity index (χ1) is 14.2. The maximum atomic E-state index is 12.6. The van der Waals surface area contributed by atoms with Crippen molar-refractivity contribution in [2.75, 3.05) is 27.2 Å². The van der Waals surface area contributed by atoms with Crippen LogP contribution in [0.3, 0.4) is 0 Å². The SMILES string of the molecule is CCNC(=NCc1ccccc1S(=O)(=O)N(C)C)NCC(C)Oc1cccc(C)c1. The van der Waals surface area contributed by atoms with E-state index in [1.807, 2.05) is 51.1 Å². The van der Waals surface area contributed by atoms with E-state index >= 15 is 0 Å². The van der Waals surface area contributed by atoms with E-state index in [4.69, 9.17) is 4.74 Å². The van der Waals surface area contributed by atoms with E-state index in [1.54, 1.807) is 18.2 Å². The number of ether oxygens (including phenoxy) is 1. The average molecular weight is 433 g/mol. The summed E-state index contributed by atoms with van der Waals surface area (Å²) in [6.45, 7) is 7.48. The molecule has 2 aromatic carbocycles. The van der Waals surface area contributed by atoms with Crippen molar-refractivity contribution in [2.45, 2.75) is 38.3 Å². The number of guanidine groups is 1. The van der Waals surface area contributed by atoms with Crippen molar-refractivity contribution in [3.05, 3.63) is 59.7 Å². The Kier molecular flexibility index (Phi) is 8.68. The van der Waals surface area contributed by atoms with E-state index in [0.29, 0.717) is 24.6 Å². The Hall–Kier alpha value is -2.58. The number of aliphatic imine (C=N–C) groups is 1. The minimum Gasteiger partial charge on any atom is -0.489 e. The number of nitrogens with one attached hydrogen (secondary N) is 2. The quantitative estimate of drug-likeness (QED) is 0.470. The van der Waals surface area contributed by atoms with Crippen LogP contribution in [0, 0.1) is 6.92 Å². The molecule has 164 valence electrons. The fraction of sp³-hybridized carbons (Fsp3) is 0.409. The molecule has 0 heterocycles. The van der Waals surface area contributed by atoms with Gasteiger partial charge in [0.05, 0.1) is 18.0 Å². The first-order valence-electron chi connectivity index (χ1n) is 10.00. The van der Waals surface area contributed by atoms with E-state index in [9.17, 15) is 8.42 Å². The molecule has 30 heavy (non-hydrogen) atoms. The summed E-state index contributed by atoms with van der Waals surface area (Å²) < 4.78 is 32.3. The molecule has 0 amide bonds. The smallest absolute Gasteiger partial charge is 0.242 e. The van der Waals surface area contributed by atoms with Crippen molar-refractivity contribution in [3.8, 4) is 5.75 Å². The van der Waals surface area contributed by atoms with E-state index in [2.05, 4.69) is 15.6 Å². The van der Waals surface area contributed by atoms with Gasteiger partial charge < -0.3 is 15.4 Å². The van der Waals surface area contributed by atoms with Gasteiger partial charge in [-0.3, -0.25) is 0 Å². The lowest BCUT2D eigenvalue weighted by Gasteiger charge is -2.18. The van der Waals surface area contributed by atoms with Crippen molar-refractivity contribution in [1.82, 2.24) is 14.9 Å². The molecule has 7 nitrogen and oxygen atoms in total. The molecule has 0 aliphatic carbocycles. The molecule has 0 saturated heterocycles. The summed E-state index contributed by atoms with van der Waals surface area (Å²) >= 11 is 0. The normalized spacial score (nSPS) is 13.2. The standard InChI is InChI=1S/C22H32N4O3S/c1-6-23-22(24-15-18(3)29-20-12-9-10-17(2)14-20)25-16-19-11-7-8-13-21(19)30(27,28)26(4)5/h7-14,18H,6,15-16H2,1-5H3,(H2,23,24,25). The Balaban J connectivity index is 2.06. The van der Waals surface area contributed by atoms with Gasteiger partial charge in [0, 0.05) is 20.6 Å². The number of hydrogen-bond acceptors (Lipinski definition) is 4. The summed E-state index contributed by atoms with van der Waals surface area (Å²) in [5.74, 6) is 1.43. The summed E-state index contributed by atoms with van der Waals surface area (Å²) in [5, 5.41) is 6.45. The highest BCUT2D eigenvalue weighted by Gasteiger charge is 2.20. The Morgan fingerprint density at radius 2 is 1.87 bits per heavy atom. The van der Waals surface area contributed by atoms with Gasteiger partial charge in [0.1, 0.15) is 11.9 Å². The van der Waals surface area contributed by atoms with Crippen LogP contribution in [0.4, 0.5) is 0 Å². The second-order valence-electron chi connectivity index (χ2n) is 7.22. The minimum atomic E-state index is -3.53. The number of aryl methyl sites for hydroxylation is 1.